The van der Waals surface area contributed by atoms with Crippen LogP contribution in [0.15, 0.2) is 173 Å². The fraction of sp³-hybridized carbons (Fsp3) is 0.296. The number of pyridine rings is 2. The molecule has 0 spiro atoms. The van der Waals surface area contributed by atoms with Gasteiger partial charge in [0.15, 0.2) is 11.6 Å². The van der Waals surface area contributed by atoms with E-state index in [9.17, 15) is 9.59 Å². The van der Waals surface area contributed by atoms with Gasteiger partial charge in [-0.25, -0.2) is 9.97 Å². The SMILES string of the molecule is Brc1ccncc1.CNCCNC.O=c1[nH]ccnc1NC1CCN(Cc2ccc3ccccc3c2)CC1.O=c1c(NC2CCN(Cc3ccc4ccccc4c3)CC2)nccn1-c1ccncc1.[Cu][I]. The standard InChI is InChI=1S/C25H25N5O.C20H22N4O.C5H4BrN.C4H12N2.Cu.HI/c31-25-24(27-13-16-30(25)23-7-11-26-12-8-23)28-22-9-14-29(15-10-22)18-19-5-6-20-3-1-2-4-21(20)17-19;25-20-19(21-9-10-22-20)23-18-7-11-24(12-8-18)14-15-5-6-16-3-1-2-4-17(16)13-15;6-5-1-3-7-4-2-5;1-5-3-4-6-2;;/h1-8,11-13,16-17,22H,9-10,14-15,18H2,(H,27,28);1-6,9-10,13,18H,7-8,11-12,14H2,(H,21,23)(H,22,25);1-4H;5-6H,3-4H2,1-2H3;;1H/q;;;;+1;/p-1. The molecule has 17 heteroatoms. The van der Waals surface area contributed by atoms with Crippen LogP contribution in [0.4, 0.5) is 11.6 Å². The molecule has 8 aromatic rings. The van der Waals surface area contributed by atoms with Crippen molar-refractivity contribution in [2.45, 2.75) is 50.9 Å². The minimum atomic E-state index is -0.152. The van der Waals surface area contributed by atoms with E-state index in [0.717, 1.165) is 88.2 Å². The van der Waals surface area contributed by atoms with Crippen LogP contribution in [-0.4, -0.2) is 105 Å². The van der Waals surface area contributed by atoms with Crippen LogP contribution in [0.25, 0.3) is 27.2 Å². The van der Waals surface area contributed by atoms with Gasteiger partial charge in [0, 0.05) is 118 Å². The second kappa shape index (κ2) is 30.5. The molecule has 0 aliphatic carbocycles. The molecule has 0 radical (unpaired) electrons. The summed E-state index contributed by atoms with van der Waals surface area (Å²) in [5, 5.41) is 17.8. The number of fused-ring (bicyclic) bond motifs is 2. The summed E-state index contributed by atoms with van der Waals surface area (Å²) in [5.41, 5.74) is 3.20. The zero-order valence-electron chi connectivity index (χ0n) is 40.2. The number of benzene rings is 4. The average molecular weight is 1180 g/mol. The Morgan fingerprint density at radius 1 is 0.606 bits per heavy atom. The molecule has 2 aliphatic heterocycles. The molecule has 10 rings (SSSR count). The summed E-state index contributed by atoms with van der Waals surface area (Å²) in [6, 6.07) is 38.3. The summed E-state index contributed by atoms with van der Waals surface area (Å²) >= 11 is 9.14. The third-order valence-corrected chi connectivity index (χ3v) is 12.6. The number of likely N-dealkylation sites (tertiary alicyclic amines) is 2. The van der Waals surface area contributed by atoms with E-state index in [4.69, 9.17) is 0 Å². The van der Waals surface area contributed by atoms with Gasteiger partial charge < -0.3 is 26.3 Å². The maximum atomic E-state index is 12.9. The van der Waals surface area contributed by atoms with Crippen LogP contribution in [-0.2, 0) is 25.9 Å². The summed E-state index contributed by atoms with van der Waals surface area (Å²) in [6.07, 6.45) is 17.4. The van der Waals surface area contributed by atoms with E-state index < -0.39 is 0 Å². The van der Waals surface area contributed by atoms with Crippen molar-refractivity contribution in [3.05, 3.63) is 195 Å². The molecule has 5 N–H and O–H groups in total. The molecule has 6 heterocycles. The first-order valence-corrected chi connectivity index (χ1v) is 27.6. The van der Waals surface area contributed by atoms with Gasteiger partial charge >= 0.3 is 33.1 Å². The molecule has 4 aromatic carbocycles. The molecule has 0 unspecified atom stereocenters. The number of anilines is 2. The van der Waals surface area contributed by atoms with Gasteiger partial charge in [-0.15, -0.1) is 0 Å². The van der Waals surface area contributed by atoms with Gasteiger partial charge in [0.1, 0.15) is 0 Å². The maximum absolute atomic E-state index is 12.9. The minimum absolute atomic E-state index is 0.132. The number of nitrogens with zero attached hydrogens (tertiary/aromatic N) is 7. The zero-order valence-corrected chi connectivity index (χ0v) is 44.8. The molecule has 0 atom stereocenters. The number of hydrogen-bond acceptors (Lipinski definition) is 12. The van der Waals surface area contributed by atoms with E-state index in [1.807, 2.05) is 38.4 Å². The normalized spacial score (nSPS) is 14.1. The summed E-state index contributed by atoms with van der Waals surface area (Å²) in [6.45, 7) is 8.07. The molecule has 2 fully saturated rings. The van der Waals surface area contributed by atoms with Crippen LogP contribution in [0.5, 0.6) is 0 Å². The van der Waals surface area contributed by atoms with Crippen LogP contribution in [0.1, 0.15) is 36.8 Å². The Hall–Kier alpha value is -5.37. The van der Waals surface area contributed by atoms with E-state index in [1.165, 1.54) is 32.7 Å². The number of aromatic nitrogens is 6. The number of halogens is 2. The molecular formula is C54H63BrCuIN12O2. The number of aromatic amines is 1. The molecule has 0 amide bonds. The first-order valence-electron chi connectivity index (χ1n) is 23.8. The molecule has 4 aromatic heterocycles. The first kappa shape index (κ1) is 55.0. The molecular weight excluding hydrogens is 1120 g/mol. The van der Waals surface area contributed by atoms with Crippen molar-refractivity contribution >= 4 is 69.5 Å². The summed E-state index contributed by atoms with van der Waals surface area (Å²) in [4.78, 5) is 48.4. The van der Waals surface area contributed by atoms with Crippen molar-refractivity contribution in [2.75, 3.05) is 64.0 Å². The van der Waals surface area contributed by atoms with Crippen LogP contribution >= 0.6 is 36.3 Å². The molecule has 71 heavy (non-hydrogen) atoms. The number of nitrogens with one attached hydrogen (secondary N) is 5. The van der Waals surface area contributed by atoms with E-state index >= 15 is 0 Å². The third kappa shape index (κ3) is 18.0. The van der Waals surface area contributed by atoms with Gasteiger partial charge in [-0.3, -0.25) is 33.9 Å². The van der Waals surface area contributed by atoms with Crippen molar-refractivity contribution in [3.63, 3.8) is 0 Å². The van der Waals surface area contributed by atoms with E-state index in [2.05, 4.69) is 170 Å². The van der Waals surface area contributed by atoms with Gasteiger partial charge in [0.25, 0.3) is 11.1 Å². The van der Waals surface area contributed by atoms with Crippen LogP contribution in [0, 0.1) is 0 Å². The Morgan fingerprint density at radius 3 is 1.54 bits per heavy atom. The Bertz CT molecular complexity index is 2900. The average Bonchev–Trinajstić information content (AvgIpc) is 3.42. The fourth-order valence-corrected chi connectivity index (χ4v) is 8.54. The predicted molar refractivity (Wildman–Crippen MR) is 298 cm³/mol. The van der Waals surface area contributed by atoms with Crippen molar-refractivity contribution in [1.29, 1.82) is 0 Å². The second-order valence-electron chi connectivity index (χ2n) is 17.0. The molecule has 0 bridgehead atoms. The van der Waals surface area contributed by atoms with E-state index in [1.54, 1.807) is 74.5 Å². The Morgan fingerprint density at radius 2 is 1.07 bits per heavy atom. The van der Waals surface area contributed by atoms with Crippen molar-refractivity contribution in [3.8, 4) is 5.69 Å². The van der Waals surface area contributed by atoms with Crippen LogP contribution < -0.4 is 32.4 Å². The Labute approximate surface area is 444 Å². The number of hydrogen-bond donors (Lipinski definition) is 5. The number of piperidine rings is 2. The summed E-state index contributed by atoms with van der Waals surface area (Å²) < 4.78 is 2.67. The summed E-state index contributed by atoms with van der Waals surface area (Å²) in [7, 11) is 3.88. The van der Waals surface area contributed by atoms with Crippen molar-refractivity contribution in [2.24, 2.45) is 0 Å². The van der Waals surface area contributed by atoms with Crippen LogP contribution in [0.3, 0.4) is 0 Å². The second-order valence-corrected chi connectivity index (χ2v) is 18.0. The van der Waals surface area contributed by atoms with Gasteiger partial charge in [-0.1, -0.05) is 88.7 Å². The van der Waals surface area contributed by atoms with Gasteiger partial charge in [0.2, 0.25) is 0 Å². The Balaban J connectivity index is 0.000000183. The topological polar surface area (TPSA) is 161 Å². The summed E-state index contributed by atoms with van der Waals surface area (Å²) in [5.74, 6) is 0.836. The monoisotopic (exact) mass is 1180 g/mol. The molecule has 376 valence electrons. The van der Waals surface area contributed by atoms with E-state index in [0.29, 0.717) is 17.7 Å². The van der Waals surface area contributed by atoms with Crippen molar-refractivity contribution < 1.29 is 12.8 Å². The van der Waals surface area contributed by atoms with Gasteiger partial charge in [-0.2, -0.15) is 0 Å². The molecule has 14 nitrogen and oxygen atoms in total. The third-order valence-electron chi connectivity index (χ3n) is 12.1. The van der Waals surface area contributed by atoms with Crippen molar-refractivity contribution in [1.82, 2.24) is 49.9 Å². The van der Waals surface area contributed by atoms with Crippen LogP contribution in [0.2, 0.25) is 0 Å². The molecule has 2 aliphatic rings. The zero-order chi connectivity index (χ0) is 50.0. The van der Waals surface area contributed by atoms with E-state index in [-0.39, 0.29) is 17.2 Å². The van der Waals surface area contributed by atoms with Gasteiger partial charge in [0.05, 0.1) is 5.69 Å². The predicted octanol–water partition coefficient (Wildman–Crippen LogP) is 9.01. The first-order chi connectivity index (χ1) is 34.8. The quantitative estimate of drug-likeness (QED) is 0.0450. The number of likely N-dealkylation sites (N-methyl/N-ethyl adjacent to an activating group) is 2. The van der Waals surface area contributed by atoms with Gasteiger partial charge in [-0.05, 0) is 109 Å². The number of rotatable bonds is 12. The number of H-pyrrole nitrogens is 1. The Kier molecular flexibility index (Phi) is 23.6. The molecule has 0 saturated carbocycles. The molecule has 2 saturated heterocycles. The fourth-order valence-electron chi connectivity index (χ4n) is 8.31.